The Kier molecular flexibility index (Phi) is 2.37. The lowest BCUT2D eigenvalue weighted by Crippen LogP contribution is -1.74. The minimum Gasteiger partial charge on any atom is -0.469 e. The summed E-state index contributed by atoms with van der Waals surface area (Å²) < 4.78 is 5.08. The van der Waals surface area contributed by atoms with E-state index < -0.39 is 0 Å². The number of furan rings is 1. The molecule has 0 fully saturated rings. The molecule has 1 aromatic rings. The molecule has 9 heavy (non-hydrogen) atoms. The van der Waals surface area contributed by atoms with E-state index >= 15 is 0 Å². The highest BCUT2D eigenvalue weighted by atomic mass is 16.3. The smallest absolute Gasteiger partial charge is 0.107 e. The minimum atomic E-state index is 0.983. The van der Waals surface area contributed by atoms with Crippen molar-refractivity contribution >= 4 is 0 Å². The van der Waals surface area contributed by atoms with Gasteiger partial charge in [0.1, 0.15) is 5.76 Å². The first-order valence-corrected chi connectivity index (χ1v) is 3.30. The molecule has 1 heterocycles. The molecule has 0 aliphatic heterocycles. The van der Waals surface area contributed by atoms with Crippen molar-refractivity contribution in [2.45, 2.75) is 19.8 Å². The summed E-state index contributed by atoms with van der Waals surface area (Å²) in [5.41, 5.74) is 0. The summed E-state index contributed by atoms with van der Waals surface area (Å²) in [6.07, 6.45) is 6.08. The average Bonchev–Trinajstić information content (AvgIpc) is 2.34. The van der Waals surface area contributed by atoms with Gasteiger partial charge in [-0.15, -0.1) is 0 Å². The molecule has 0 amide bonds. The van der Waals surface area contributed by atoms with Crippen LogP contribution in [-0.2, 0) is 0 Å². The lowest BCUT2D eigenvalue weighted by atomic mass is 10.2. The van der Waals surface area contributed by atoms with Gasteiger partial charge in [-0.05, 0) is 18.6 Å². The van der Waals surface area contributed by atoms with Gasteiger partial charge in [0.05, 0.1) is 6.26 Å². The molecule has 1 nitrogen and oxygen atoms in total. The van der Waals surface area contributed by atoms with Gasteiger partial charge in [-0.1, -0.05) is 13.3 Å². The lowest BCUT2D eigenvalue weighted by molar-refractivity contribution is 0.534. The zero-order valence-electron chi connectivity index (χ0n) is 5.63. The zero-order valence-corrected chi connectivity index (χ0v) is 5.63. The zero-order chi connectivity index (χ0) is 6.53. The second-order valence-corrected chi connectivity index (χ2v) is 2.01. The Labute approximate surface area is 55.7 Å². The third-order valence-corrected chi connectivity index (χ3v) is 1.18. The first-order valence-electron chi connectivity index (χ1n) is 3.30. The van der Waals surface area contributed by atoms with Gasteiger partial charge in [0.25, 0.3) is 0 Å². The summed E-state index contributed by atoms with van der Waals surface area (Å²) in [6.45, 7) is 2.15. The monoisotopic (exact) mass is 123 g/mol. The Morgan fingerprint density at radius 2 is 2.56 bits per heavy atom. The number of hydrogen-bond acceptors (Lipinski definition) is 1. The van der Waals surface area contributed by atoms with E-state index in [2.05, 4.69) is 13.3 Å². The Hall–Kier alpha value is -0.720. The first-order chi connectivity index (χ1) is 4.43. The molecule has 0 saturated carbocycles. The molecule has 0 spiro atoms. The Bertz CT molecular complexity index is 142. The van der Waals surface area contributed by atoms with Gasteiger partial charge in [0.15, 0.2) is 0 Å². The maximum Gasteiger partial charge on any atom is 0.107 e. The van der Waals surface area contributed by atoms with Crippen LogP contribution in [0.5, 0.6) is 0 Å². The fraction of sp³-hybridized carbons (Fsp3) is 0.375. The molecule has 0 aliphatic carbocycles. The molecule has 0 atom stereocenters. The van der Waals surface area contributed by atoms with E-state index in [1.54, 1.807) is 6.26 Å². The van der Waals surface area contributed by atoms with Crippen LogP contribution in [0.4, 0.5) is 0 Å². The van der Waals surface area contributed by atoms with E-state index in [0.717, 1.165) is 12.2 Å². The standard InChI is InChI=1S/C8H11O/c1-2-3-5-8-6-4-7-9-8/h4-7H,2-3H2,1H3. The second kappa shape index (κ2) is 3.33. The van der Waals surface area contributed by atoms with E-state index in [9.17, 15) is 0 Å². The molecule has 0 aromatic carbocycles. The van der Waals surface area contributed by atoms with Crippen molar-refractivity contribution in [1.29, 1.82) is 0 Å². The number of rotatable bonds is 3. The number of unbranched alkanes of at least 4 members (excludes halogenated alkanes) is 1. The molecule has 49 valence electrons. The normalized spacial score (nSPS) is 9.89. The van der Waals surface area contributed by atoms with Crippen LogP contribution in [0.1, 0.15) is 25.5 Å². The second-order valence-electron chi connectivity index (χ2n) is 2.01. The molecule has 1 radical (unpaired) electrons. The van der Waals surface area contributed by atoms with E-state index in [4.69, 9.17) is 4.42 Å². The predicted octanol–water partition coefficient (Wildman–Crippen LogP) is 2.63. The Morgan fingerprint density at radius 3 is 3.11 bits per heavy atom. The molecule has 0 bridgehead atoms. The van der Waals surface area contributed by atoms with Gasteiger partial charge >= 0.3 is 0 Å². The van der Waals surface area contributed by atoms with Crippen LogP contribution in [-0.4, -0.2) is 0 Å². The average molecular weight is 123 g/mol. The molecule has 0 unspecified atom stereocenters. The van der Waals surface area contributed by atoms with Crippen molar-refractivity contribution in [2.75, 3.05) is 0 Å². The van der Waals surface area contributed by atoms with Gasteiger partial charge in [-0.3, -0.25) is 0 Å². The van der Waals surface area contributed by atoms with Gasteiger partial charge in [-0.2, -0.15) is 0 Å². The SMILES string of the molecule is CCC[CH]c1ccco1. The fourth-order valence-corrected chi connectivity index (χ4v) is 0.694. The van der Waals surface area contributed by atoms with Crippen LogP contribution >= 0.6 is 0 Å². The molecular formula is C8H11O. The summed E-state index contributed by atoms with van der Waals surface area (Å²) in [7, 11) is 0. The highest BCUT2D eigenvalue weighted by molar-refractivity contribution is 5.07. The van der Waals surface area contributed by atoms with Crippen molar-refractivity contribution in [3.8, 4) is 0 Å². The Morgan fingerprint density at radius 1 is 1.67 bits per heavy atom. The highest BCUT2D eigenvalue weighted by Gasteiger charge is 1.91. The van der Waals surface area contributed by atoms with Crippen molar-refractivity contribution < 1.29 is 4.42 Å². The van der Waals surface area contributed by atoms with E-state index in [0.29, 0.717) is 0 Å². The van der Waals surface area contributed by atoms with Crippen molar-refractivity contribution in [1.82, 2.24) is 0 Å². The molecule has 1 heteroatoms. The third-order valence-electron chi connectivity index (χ3n) is 1.18. The summed E-state index contributed by atoms with van der Waals surface area (Å²) in [5, 5.41) is 0. The Balaban J connectivity index is 2.30. The molecule has 1 rings (SSSR count). The largest absolute Gasteiger partial charge is 0.469 e. The first kappa shape index (κ1) is 6.40. The van der Waals surface area contributed by atoms with Gasteiger partial charge in [-0.25, -0.2) is 0 Å². The number of hydrogen-bond donors (Lipinski definition) is 0. The minimum absolute atomic E-state index is 0.983. The van der Waals surface area contributed by atoms with Crippen molar-refractivity contribution in [3.63, 3.8) is 0 Å². The van der Waals surface area contributed by atoms with Crippen LogP contribution in [0.3, 0.4) is 0 Å². The maximum atomic E-state index is 5.08. The van der Waals surface area contributed by atoms with E-state index in [1.807, 2.05) is 12.1 Å². The topological polar surface area (TPSA) is 13.1 Å². The molecular weight excluding hydrogens is 112 g/mol. The highest BCUT2D eigenvalue weighted by Crippen LogP contribution is 2.06. The summed E-state index contributed by atoms with van der Waals surface area (Å²) in [5.74, 6) is 0.983. The van der Waals surface area contributed by atoms with Crippen LogP contribution in [0, 0.1) is 6.42 Å². The fourth-order valence-electron chi connectivity index (χ4n) is 0.694. The lowest BCUT2D eigenvalue weighted by Gasteiger charge is -1.89. The summed E-state index contributed by atoms with van der Waals surface area (Å²) in [4.78, 5) is 0. The van der Waals surface area contributed by atoms with Gasteiger partial charge < -0.3 is 4.42 Å². The summed E-state index contributed by atoms with van der Waals surface area (Å²) >= 11 is 0. The van der Waals surface area contributed by atoms with Crippen LogP contribution < -0.4 is 0 Å². The molecule has 0 N–H and O–H groups in total. The van der Waals surface area contributed by atoms with Gasteiger partial charge in [0.2, 0.25) is 0 Å². The van der Waals surface area contributed by atoms with Crippen molar-refractivity contribution in [3.05, 3.63) is 30.6 Å². The van der Waals surface area contributed by atoms with E-state index in [1.165, 1.54) is 6.42 Å². The van der Waals surface area contributed by atoms with Crippen LogP contribution in [0.25, 0.3) is 0 Å². The third kappa shape index (κ3) is 1.92. The molecule has 1 aromatic heterocycles. The molecule has 0 saturated heterocycles. The van der Waals surface area contributed by atoms with Crippen LogP contribution in [0.15, 0.2) is 22.8 Å². The van der Waals surface area contributed by atoms with E-state index in [-0.39, 0.29) is 0 Å². The predicted molar refractivity (Wildman–Crippen MR) is 37.0 cm³/mol. The van der Waals surface area contributed by atoms with Gasteiger partial charge in [0, 0.05) is 6.42 Å². The maximum absolute atomic E-state index is 5.08. The van der Waals surface area contributed by atoms with Crippen molar-refractivity contribution in [2.24, 2.45) is 0 Å². The quantitative estimate of drug-likeness (QED) is 0.602. The summed E-state index contributed by atoms with van der Waals surface area (Å²) in [6, 6.07) is 3.87. The van der Waals surface area contributed by atoms with Crippen LogP contribution in [0.2, 0.25) is 0 Å². The molecule has 0 aliphatic rings.